The highest BCUT2D eigenvalue weighted by molar-refractivity contribution is 7.98. The summed E-state index contributed by atoms with van der Waals surface area (Å²) in [7, 11) is 3.20. The molecule has 0 amide bonds. The van der Waals surface area contributed by atoms with Crippen LogP contribution in [0.3, 0.4) is 0 Å². The van der Waals surface area contributed by atoms with Gasteiger partial charge in [0.05, 0.1) is 14.2 Å². The van der Waals surface area contributed by atoms with E-state index < -0.39 is 0 Å². The van der Waals surface area contributed by atoms with E-state index in [1.54, 1.807) is 26.0 Å². The molecule has 3 aromatic rings. The first-order chi connectivity index (χ1) is 12.5. The summed E-state index contributed by atoms with van der Waals surface area (Å²) < 4.78 is 12.1. The third-order valence-electron chi connectivity index (χ3n) is 4.25. The Bertz CT molecular complexity index is 924. The van der Waals surface area contributed by atoms with E-state index in [0.717, 1.165) is 11.3 Å². The van der Waals surface area contributed by atoms with Crippen LogP contribution in [0.15, 0.2) is 41.6 Å². The highest BCUT2D eigenvalue weighted by atomic mass is 32.2. The Balaban J connectivity index is 1.80. The van der Waals surface area contributed by atoms with Crippen LogP contribution in [-0.2, 0) is 5.75 Å². The molecule has 0 atom stereocenters. The van der Waals surface area contributed by atoms with Gasteiger partial charge in [0.2, 0.25) is 5.16 Å². The summed E-state index contributed by atoms with van der Waals surface area (Å²) in [5.74, 6) is 8.85. The summed E-state index contributed by atoms with van der Waals surface area (Å²) in [6.07, 6.45) is 0. The third kappa shape index (κ3) is 3.62. The number of benzene rings is 2. The van der Waals surface area contributed by atoms with Gasteiger partial charge in [-0.15, -0.1) is 10.2 Å². The Morgan fingerprint density at radius 2 is 1.73 bits per heavy atom. The van der Waals surface area contributed by atoms with Gasteiger partial charge in [-0.05, 0) is 48.7 Å². The highest BCUT2D eigenvalue weighted by Crippen LogP contribution is 2.32. The fourth-order valence-electron chi connectivity index (χ4n) is 2.59. The maximum Gasteiger partial charge on any atom is 0.210 e. The van der Waals surface area contributed by atoms with Gasteiger partial charge in [-0.2, -0.15) is 0 Å². The van der Waals surface area contributed by atoms with Crippen LogP contribution >= 0.6 is 11.8 Å². The number of hydrogen-bond donors (Lipinski definition) is 1. The van der Waals surface area contributed by atoms with Gasteiger partial charge in [-0.3, -0.25) is 0 Å². The number of ether oxygens (including phenoxy) is 2. The lowest BCUT2D eigenvalue weighted by molar-refractivity contribution is 0.355. The summed E-state index contributed by atoms with van der Waals surface area (Å²) in [6.45, 7) is 4.22. The summed E-state index contributed by atoms with van der Waals surface area (Å²) in [5.41, 5.74) is 4.62. The number of methoxy groups -OCH3 is 2. The second-order valence-electron chi connectivity index (χ2n) is 5.95. The molecule has 0 saturated heterocycles. The van der Waals surface area contributed by atoms with Crippen LogP contribution in [0.4, 0.5) is 0 Å². The van der Waals surface area contributed by atoms with Crippen molar-refractivity contribution in [2.75, 3.05) is 20.1 Å². The molecule has 0 aliphatic heterocycles. The van der Waals surface area contributed by atoms with Crippen LogP contribution in [0.5, 0.6) is 11.5 Å². The Morgan fingerprint density at radius 3 is 2.42 bits per heavy atom. The van der Waals surface area contributed by atoms with E-state index in [-0.39, 0.29) is 0 Å². The predicted octanol–water partition coefficient (Wildman–Crippen LogP) is 3.59. The molecular weight excluding hydrogens is 348 g/mol. The van der Waals surface area contributed by atoms with Crippen molar-refractivity contribution in [1.82, 2.24) is 14.9 Å². The van der Waals surface area contributed by atoms with Crippen LogP contribution in [0, 0.1) is 13.8 Å². The molecule has 0 spiro atoms. The summed E-state index contributed by atoms with van der Waals surface area (Å²) >= 11 is 1.56. The molecule has 3 rings (SSSR count). The quantitative estimate of drug-likeness (QED) is 0.528. The number of rotatable bonds is 6. The molecule has 1 heterocycles. The molecule has 0 aliphatic rings. The average molecular weight is 370 g/mol. The number of nitrogens with zero attached hydrogens (tertiary/aromatic N) is 3. The Hall–Kier alpha value is -2.67. The van der Waals surface area contributed by atoms with Crippen LogP contribution in [-0.4, -0.2) is 29.1 Å². The summed E-state index contributed by atoms with van der Waals surface area (Å²) in [5, 5.41) is 9.12. The largest absolute Gasteiger partial charge is 0.493 e. The van der Waals surface area contributed by atoms with Crippen molar-refractivity contribution in [3.05, 3.63) is 53.1 Å². The molecule has 0 aliphatic carbocycles. The van der Waals surface area contributed by atoms with Crippen LogP contribution in [0.2, 0.25) is 0 Å². The SMILES string of the molecule is COc1ccc(-c2nnc(SCc3ccc(C)c(C)c3)n2N)cc1OC. The molecule has 0 bridgehead atoms. The lowest BCUT2D eigenvalue weighted by atomic mass is 10.1. The van der Waals surface area contributed by atoms with Crippen molar-refractivity contribution < 1.29 is 9.47 Å². The van der Waals surface area contributed by atoms with E-state index in [1.165, 1.54) is 21.4 Å². The summed E-state index contributed by atoms with van der Waals surface area (Å²) in [6, 6.07) is 12.0. The molecule has 0 unspecified atom stereocenters. The van der Waals surface area contributed by atoms with Gasteiger partial charge in [0.1, 0.15) is 0 Å². The Morgan fingerprint density at radius 1 is 0.962 bits per heavy atom. The van der Waals surface area contributed by atoms with Crippen LogP contribution < -0.4 is 15.3 Å². The molecule has 0 saturated carbocycles. The van der Waals surface area contributed by atoms with Gasteiger partial charge in [0.15, 0.2) is 17.3 Å². The maximum atomic E-state index is 6.21. The molecule has 2 N–H and O–H groups in total. The standard InChI is InChI=1S/C19H22N4O2S/c1-12-5-6-14(9-13(12)2)11-26-19-22-21-18(23(19)20)15-7-8-16(24-3)17(10-15)25-4/h5-10H,11,20H2,1-4H3. The minimum absolute atomic E-state index is 0.577. The second kappa shape index (κ2) is 7.70. The average Bonchev–Trinajstić information content (AvgIpc) is 3.02. The lowest BCUT2D eigenvalue weighted by Crippen LogP contribution is -2.11. The fraction of sp³-hybridized carbons (Fsp3) is 0.263. The van der Waals surface area contributed by atoms with Crippen molar-refractivity contribution in [2.24, 2.45) is 0 Å². The monoisotopic (exact) mass is 370 g/mol. The first kappa shape index (κ1) is 18.1. The number of nitrogen functional groups attached to an aromatic ring is 1. The number of aromatic nitrogens is 3. The highest BCUT2D eigenvalue weighted by Gasteiger charge is 2.15. The first-order valence-corrected chi connectivity index (χ1v) is 9.14. The number of thioether (sulfide) groups is 1. The van der Waals surface area contributed by atoms with E-state index >= 15 is 0 Å². The van der Waals surface area contributed by atoms with Gasteiger partial charge < -0.3 is 15.3 Å². The zero-order valence-electron chi connectivity index (χ0n) is 15.3. The Kier molecular flexibility index (Phi) is 5.37. The van der Waals surface area contributed by atoms with E-state index in [9.17, 15) is 0 Å². The van der Waals surface area contributed by atoms with Crippen molar-refractivity contribution in [1.29, 1.82) is 0 Å². The third-order valence-corrected chi connectivity index (χ3v) is 5.26. The topological polar surface area (TPSA) is 75.2 Å². The molecule has 6 nitrogen and oxygen atoms in total. The first-order valence-electron chi connectivity index (χ1n) is 8.15. The van der Waals surface area contributed by atoms with E-state index in [0.29, 0.717) is 22.5 Å². The van der Waals surface area contributed by atoms with Crippen molar-refractivity contribution >= 4 is 11.8 Å². The van der Waals surface area contributed by atoms with Gasteiger partial charge in [-0.25, -0.2) is 4.68 Å². The smallest absolute Gasteiger partial charge is 0.210 e. The normalized spacial score (nSPS) is 10.8. The van der Waals surface area contributed by atoms with E-state index in [4.69, 9.17) is 15.3 Å². The van der Waals surface area contributed by atoms with Crippen molar-refractivity contribution in [2.45, 2.75) is 24.8 Å². The summed E-state index contributed by atoms with van der Waals surface area (Å²) in [4.78, 5) is 0. The van der Waals surface area contributed by atoms with Crippen molar-refractivity contribution in [3.63, 3.8) is 0 Å². The van der Waals surface area contributed by atoms with Gasteiger partial charge in [-0.1, -0.05) is 30.0 Å². The lowest BCUT2D eigenvalue weighted by Gasteiger charge is -2.09. The molecule has 136 valence electrons. The predicted molar refractivity (Wildman–Crippen MR) is 104 cm³/mol. The van der Waals surface area contributed by atoms with Gasteiger partial charge in [0.25, 0.3) is 0 Å². The number of hydrogen-bond acceptors (Lipinski definition) is 6. The number of aryl methyl sites for hydroxylation is 2. The maximum absolute atomic E-state index is 6.21. The van der Waals surface area contributed by atoms with Crippen LogP contribution in [0.1, 0.15) is 16.7 Å². The molecule has 0 radical (unpaired) electrons. The van der Waals surface area contributed by atoms with Crippen molar-refractivity contribution in [3.8, 4) is 22.9 Å². The zero-order chi connectivity index (χ0) is 18.7. The minimum Gasteiger partial charge on any atom is -0.493 e. The zero-order valence-corrected chi connectivity index (χ0v) is 16.1. The molecule has 2 aromatic carbocycles. The molecule has 7 heteroatoms. The fourth-order valence-corrected chi connectivity index (χ4v) is 3.39. The van der Waals surface area contributed by atoms with Gasteiger partial charge >= 0.3 is 0 Å². The van der Waals surface area contributed by atoms with E-state index in [1.807, 2.05) is 18.2 Å². The van der Waals surface area contributed by atoms with E-state index in [2.05, 4.69) is 42.2 Å². The number of nitrogens with two attached hydrogens (primary N) is 1. The van der Waals surface area contributed by atoms with Crippen LogP contribution in [0.25, 0.3) is 11.4 Å². The molecule has 1 aromatic heterocycles. The Labute approximate surface area is 157 Å². The molecule has 0 fully saturated rings. The second-order valence-corrected chi connectivity index (χ2v) is 6.90. The minimum atomic E-state index is 0.577. The van der Waals surface area contributed by atoms with Gasteiger partial charge in [0, 0.05) is 11.3 Å². The molecule has 26 heavy (non-hydrogen) atoms. The molecular formula is C19H22N4O2S.